The monoisotopic (exact) mass is 343 g/mol. The molecule has 1 aromatic carbocycles. The van der Waals surface area contributed by atoms with E-state index in [4.69, 9.17) is 11.6 Å². The van der Waals surface area contributed by atoms with Crippen LogP contribution >= 0.6 is 27.5 Å². The Balaban J connectivity index is 3.03. The molecule has 18 heavy (non-hydrogen) atoms. The largest absolute Gasteiger partial charge is 0.431 e. The molecule has 100 valence electrons. The van der Waals surface area contributed by atoms with E-state index in [9.17, 15) is 13.6 Å². The Labute approximate surface area is 115 Å². The van der Waals surface area contributed by atoms with Crippen LogP contribution in [0, 0.1) is 0 Å². The van der Waals surface area contributed by atoms with Crippen LogP contribution in [0.2, 0.25) is 5.02 Å². The Bertz CT molecular complexity index is 445. The lowest BCUT2D eigenvalue weighted by Crippen LogP contribution is -2.18. The highest BCUT2D eigenvalue weighted by Crippen LogP contribution is 2.37. The number of hydrogen-bond acceptors (Lipinski definition) is 3. The summed E-state index contributed by atoms with van der Waals surface area (Å²) in [5.41, 5.74) is 0.0386. The van der Waals surface area contributed by atoms with Crippen molar-refractivity contribution in [1.82, 2.24) is 0 Å². The highest BCUT2D eigenvalue weighted by Gasteiger charge is 2.16. The van der Waals surface area contributed by atoms with Crippen molar-refractivity contribution in [3.63, 3.8) is 0 Å². The van der Waals surface area contributed by atoms with Gasteiger partial charge in [0.05, 0.1) is 10.2 Å². The Morgan fingerprint density at radius 1 is 1.56 bits per heavy atom. The number of amides is 1. The maximum atomic E-state index is 12.3. The number of methoxy groups -OCH3 is 1. The van der Waals surface area contributed by atoms with Gasteiger partial charge in [0.25, 0.3) is 0 Å². The Hall–Kier alpha value is -0.920. The van der Waals surface area contributed by atoms with Crippen LogP contribution in [0.15, 0.2) is 16.6 Å². The zero-order valence-electron chi connectivity index (χ0n) is 9.18. The smallest absolute Gasteiger partial charge is 0.387 e. The fourth-order valence-corrected chi connectivity index (χ4v) is 2.08. The van der Waals surface area contributed by atoms with Gasteiger partial charge in [0.15, 0.2) is 5.75 Å². The summed E-state index contributed by atoms with van der Waals surface area (Å²) in [6.07, 6.45) is 0. The number of carbonyl (C=O) groups excluding carboxylic acids is 1. The maximum absolute atomic E-state index is 12.3. The van der Waals surface area contributed by atoms with E-state index in [1.807, 2.05) is 0 Å². The first-order chi connectivity index (χ1) is 8.43. The van der Waals surface area contributed by atoms with Gasteiger partial charge in [0, 0.05) is 12.1 Å². The third kappa shape index (κ3) is 4.40. The minimum Gasteiger partial charge on any atom is -0.431 e. The average molecular weight is 345 g/mol. The molecule has 1 aromatic rings. The lowest BCUT2D eigenvalue weighted by molar-refractivity contribution is -0.119. The van der Waals surface area contributed by atoms with E-state index in [1.165, 1.54) is 19.2 Å². The molecule has 0 spiro atoms. The molecule has 0 aliphatic rings. The van der Waals surface area contributed by atoms with Gasteiger partial charge in [-0.25, -0.2) is 0 Å². The number of rotatable bonds is 5. The van der Waals surface area contributed by atoms with Crippen molar-refractivity contribution in [3.05, 3.63) is 21.6 Å². The summed E-state index contributed by atoms with van der Waals surface area (Å²) >= 11 is 8.79. The third-order valence-electron chi connectivity index (χ3n) is 1.76. The van der Waals surface area contributed by atoms with Crippen LogP contribution in [0.1, 0.15) is 0 Å². The highest BCUT2D eigenvalue weighted by atomic mass is 79.9. The molecule has 0 atom stereocenters. The number of anilines is 1. The normalized spacial score (nSPS) is 10.6. The minimum atomic E-state index is -3.01. The van der Waals surface area contributed by atoms with Crippen molar-refractivity contribution in [3.8, 4) is 5.75 Å². The quantitative estimate of drug-likeness (QED) is 0.891. The van der Waals surface area contributed by atoms with E-state index < -0.39 is 12.5 Å². The van der Waals surface area contributed by atoms with Gasteiger partial charge in [-0.2, -0.15) is 8.78 Å². The summed E-state index contributed by atoms with van der Waals surface area (Å²) < 4.78 is 33.6. The van der Waals surface area contributed by atoms with Crippen LogP contribution in [0.4, 0.5) is 14.5 Å². The summed E-state index contributed by atoms with van der Waals surface area (Å²) in [5, 5.41) is 2.62. The first-order valence-electron chi connectivity index (χ1n) is 4.66. The summed E-state index contributed by atoms with van der Waals surface area (Å²) in [6, 6.07) is 2.68. The molecule has 0 heterocycles. The molecule has 1 rings (SSSR count). The second kappa shape index (κ2) is 6.86. The first kappa shape index (κ1) is 15.1. The predicted octanol–water partition coefficient (Wildman–Crippen LogP) is 3.29. The third-order valence-corrected chi connectivity index (χ3v) is 2.57. The van der Waals surface area contributed by atoms with Crippen LogP contribution in [-0.4, -0.2) is 26.2 Å². The van der Waals surface area contributed by atoms with Crippen molar-refractivity contribution in [1.29, 1.82) is 0 Å². The Morgan fingerprint density at radius 3 is 2.78 bits per heavy atom. The van der Waals surface area contributed by atoms with Crippen molar-refractivity contribution in [2.45, 2.75) is 6.61 Å². The Morgan fingerprint density at radius 2 is 2.22 bits per heavy atom. The molecule has 4 nitrogen and oxygen atoms in total. The van der Waals surface area contributed by atoms with Crippen molar-refractivity contribution < 1.29 is 23.0 Å². The second-order valence-corrected chi connectivity index (χ2v) is 4.41. The topological polar surface area (TPSA) is 47.6 Å². The van der Waals surface area contributed by atoms with E-state index in [0.717, 1.165) is 0 Å². The summed E-state index contributed by atoms with van der Waals surface area (Å²) in [6.45, 7) is -3.22. The number of benzene rings is 1. The molecule has 0 aliphatic carbocycles. The number of hydrogen-bond donors (Lipinski definition) is 1. The Kier molecular flexibility index (Phi) is 5.77. The number of halogens is 4. The van der Waals surface area contributed by atoms with Gasteiger partial charge >= 0.3 is 6.61 Å². The van der Waals surface area contributed by atoms with E-state index in [2.05, 4.69) is 30.7 Å². The average Bonchev–Trinajstić information content (AvgIpc) is 2.23. The van der Waals surface area contributed by atoms with Gasteiger partial charge in [0.1, 0.15) is 6.61 Å². The van der Waals surface area contributed by atoms with E-state index in [0.29, 0.717) is 0 Å². The van der Waals surface area contributed by atoms with E-state index in [-0.39, 0.29) is 27.5 Å². The van der Waals surface area contributed by atoms with Gasteiger partial charge in [-0.05, 0) is 28.1 Å². The molecule has 0 aliphatic heterocycles. The fraction of sp³-hybridized carbons (Fsp3) is 0.300. The van der Waals surface area contributed by atoms with Crippen molar-refractivity contribution in [2.75, 3.05) is 19.0 Å². The van der Waals surface area contributed by atoms with Gasteiger partial charge in [-0.1, -0.05) is 11.6 Å². The minimum absolute atomic E-state index is 0.0386. The molecule has 0 aromatic heterocycles. The summed E-state index contributed by atoms with van der Waals surface area (Å²) in [7, 11) is 1.34. The number of ether oxygens (including phenoxy) is 2. The maximum Gasteiger partial charge on any atom is 0.387 e. The van der Waals surface area contributed by atoms with Gasteiger partial charge in [0.2, 0.25) is 5.91 Å². The standard InChI is InChI=1S/C10H9BrClF2NO3/c1-17-4-8(16)15-7-3-5(12)2-6(11)9(7)18-10(13)14/h2-3,10H,4H2,1H3,(H,15,16). The van der Waals surface area contributed by atoms with Gasteiger partial charge in [-0.15, -0.1) is 0 Å². The SMILES string of the molecule is COCC(=O)Nc1cc(Cl)cc(Br)c1OC(F)F. The first-order valence-corrected chi connectivity index (χ1v) is 5.83. The zero-order valence-corrected chi connectivity index (χ0v) is 11.5. The molecular formula is C10H9BrClF2NO3. The molecule has 8 heteroatoms. The second-order valence-electron chi connectivity index (χ2n) is 3.12. The van der Waals surface area contributed by atoms with E-state index >= 15 is 0 Å². The van der Waals surface area contributed by atoms with Crippen LogP contribution in [0.25, 0.3) is 0 Å². The van der Waals surface area contributed by atoms with Crippen molar-refractivity contribution in [2.24, 2.45) is 0 Å². The molecule has 0 unspecified atom stereocenters. The lowest BCUT2D eigenvalue weighted by atomic mass is 10.3. The molecule has 1 N–H and O–H groups in total. The van der Waals surface area contributed by atoms with Crippen LogP contribution < -0.4 is 10.1 Å². The molecule has 1 amide bonds. The molecule has 0 saturated carbocycles. The molecular weight excluding hydrogens is 335 g/mol. The van der Waals surface area contributed by atoms with Gasteiger partial charge in [-0.3, -0.25) is 4.79 Å². The molecule has 0 saturated heterocycles. The summed E-state index contributed by atoms with van der Waals surface area (Å²) in [5.74, 6) is -0.704. The fourth-order valence-electron chi connectivity index (χ4n) is 1.18. The van der Waals surface area contributed by atoms with Crippen LogP contribution in [-0.2, 0) is 9.53 Å². The lowest BCUT2D eigenvalue weighted by Gasteiger charge is -2.14. The van der Waals surface area contributed by atoms with Crippen LogP contribution in [0.5, 0.6) is 5.75 Å². The number of nitrogens with one attached hydrogen (secondary N) is 1. The summed E-state index contributed by atoms with van der Waals surface area (Å²) in [4.78, 5) is 11.3. The van der Waals surface area contributed by atoms with Crippen LogP contribution in [0.3, 0.4) is 0 Å². The predicted molar refractivity (Wildman–Crippen MR) is 66.3 cm³/mol. The van der Waals surface area contributed by atoms with Gasteiger partial charge < -0.3 is 14.8 Å². The molecule has 0 bridgehead atoms. The number of carbonyl (C=O) groups is 1. The highest BCUT2D eigenvalue weighted by molar-refractivity contribution is 9.10. The number of alkyl halides is 2. The van der Waals surface area contributed by atoms with Crippen molar-refractivity contribution >= 4 is 39.1 Å². The van der Waals surface area contributed by atoms with E-state index in [1.54, 1.807) is 0 Å². The molecule has 0 fully saturated rings. The molecule has 0 radical (unpaired) electrons. The zero-order chi connectivity index (χ0) is 13.7.